The molecule has 0 saturated heterocycles. The van der Waals surface area contributed by atoms with E-state index in [2.05, 4.69) is 0 Å². The molecule has 1 aromatic carbocycles. The van der Waals surface area contributed by atoms with E-state index >= 15 is 0 Å². The second kappa shape index (κ2) is 4.53. The SMILES string of the molecule is NC(=O)CCn1c(=S)sc2ccc(Cl)cc21. The van der Waals surface area contributed by atoms with E-state index < -0.39 is 0 Å². The number of thiazole rings is 1. The molecule has 84 valence electrons. The molecule has 0 bridgehead atoms. The van der Waals surface area contributed by atoms with Crippen LogP contribution in [0.15, 0.2) is 18.2 Å². The quantitative estimate of drug-likeness (QED) is 0.874. The van der Waals surface area contributed by atoms with Gasteiger partial charge in [-0.3, -0.25) is 4.79 Å². The minimum atomic E-state index is -0.330. The van der Waals surface area contributed by atoms with E-state index in [-0.39, 0.29) is 12.3 Å². The summed E-state index contributed by atoms with van der Waals surface area (Å²) in [5, 5.41) is 0.660. The number of amides is 1. The van der Waals surface area contributed by atoms with Gasteiger partial charge >= 0.3 is 0 Å². The molecule has 0 fully saturated rings. The molecule has 2 N–H and O–H groups in total. The first-order chi connectivity index (χ1) is 7.58. The van der Waals surface area contributed by atoms with Crippen LogP contribution < -0.4 is 5.73 Å². The lowest BCUT2D eigenvalue weighted by atomic mass is 10.3. The number of fused-ring (bicyclic) bond motifs is 1. The van der Waals surface area contributed by atoms with Crippen LogP contribution in [-0.4, -0.2) is 10.5 Å². The van der Waals surface area contributed by atoms with Crippen LogP contribution in [0.25, 0.3) is 10.2 Å². The Kier molecular flexibility index (Phi) is 3.28. The zero-order valence-electron chi connectivity index (χ0n) is 8.27. The second-order valence-corrected chi connectivity index (χ2v) is 5.46. The maximum absolute atomic E-state index is 10.8. The number of benzene rings is 1. The van der Waals surface area contributed by atoms with Gasteiger partial charge in [-0.05, 0) is 30.4 Å². The average molecular weight is 273 g/mol. The average Bonchev–Trinajstić information content (AvgIpc) is 2.51. The molecule has 0 radical (unpaired) electrons. The van der Waals surface area contributed by atoms with Crippen molar-refractivity contribution < 1.29 is 4.79 Å². The molecule has 1 heterocycles. The van der Waals surface area contributed by atoms with Gasteiger partial charge in [-0.1, -0.05) is 11.6 Å². The van der Waals surface area contributed by atoms with E-state index in [1.165, 1.54) is 11.3 Å². The molecule has 0 aliphatic carbocycles. The molecule has 0 aliphatic heterocycles. The molecular weight excluding hydrogens is 264 g/mol. The van der Waals surface area contributed by atoms with Gasteiger partial charge in [0, 0.05) is 18.0 Å². The van der Waals surface area contributed by atoms with Crippen LogP contribution in [0, 0.1) is 3.95 Å². The van der Waals surface area contributed by atoms with Crippen LogP contribution in [0.3, 0.4) is 0 Å². The largest absolute Gasteiger partial charge is 0.370 e. The molecule has 0 unspecified atom stereocenters. The summed E-state index contributed by atoms with van der Waals surface area (Å²) < 4.78 is 3.70. The fourth-order valence-electron chi connectivity index (χ4n) is 1.47. The summed E-state index contributed by atoms with van der Waals surface area (Å²) in [5.41, 5.74) is 6.09. The van der Waals surface area contributed by atoms with E-state index in [9.17, 15) is 4.79 Å². The predicted molar refractivity (Wildman–Crippen MR) is 69.5 cm³/mol. The van der Waals surface area contributed by atoms with Gasteiger partial charge in [0.05, 0.1) is 10.2 Å². The smallest absolute Gasteiger partial charge is 0.219 e. The summed E-state index contributed by atoms with van der Waals surface area (Å²) in [4.78, 5) is 10.8. The number of nitrogens with two attached hydrogens (primary N) is 1. The summed E-state index contributed by atoms with van der Waals surface area (Å²) >= 11 is 12.7. The fourth-order valence-corrected chi connectivity index (χ4v) is 2.99. The van der Waals surface area contributed by atoms with Crippen LogP contribution in [0.1, 0.15) is 6.42 Å². The maximum Gasteiger partial charge on any atom is 0.219 e. The van der Waals surface area contributed by atoms with E-state index in [1.54, 1.807) is 0 Å². The Labute approximate surface area is 106 Å². The Morgan fingerprint density at radius 2 is 2.31 bits per heavy atom. The number of hydrogen-bond acceptors (Lipinski definition) is 3. The lowest BCUT2D eigenvalue weighted by Crippen LogP contribution is -2.13. The van der Waals surface area contributed by atoms with Gasteiger partial charge in [-0.2, -0.15) is 0 Å². The van der Waals surface area contributed by atoms with E-state index in [4.69, 9.17) is 29.6 Å². The lowest BCUT2D eigenvalue weighted by molar-refractivity contribution is -0.118. The number of aromatic nitrogens is 1. The minimum Gasteiger partial charge on any atom is -0.370 e. The van der Waals surface area contributed by atoms with Crippen LogP contribution in [0.2, 0.25) is 5.02 Å². The summed E-state index contributed by atoms with van der Waals surface area (Å²) in [5.74, 6) is -0.330. The first-order valence-corrected chi connectivity index (χ1v) is 6.25. The number of carbonyl (C=O) groups excluding carboxylic acids is 1. The van der Waals surface area contributed by atoms with Crippen molar-refractivity contribution in [2.45, 2.75) is 13.0 Å². The maximum atomic E-state index is 10.8. The summed E-state index contributed by atoms with van der Waals surface area (Å²) in [7, 11) is 0. The van der Waals surface area contributed by atoms with Gasteiger partial charge in [0.1, 0.15) is 0 Å². The minimum absolute atomic E-state index is 0.284. The van der Waals surface area contributed by atoms with E-state index in [0.29, 0.717) is 11.6 Å². The van der Waals surface area contributed by atoms with Crippen molar-refractivity contribution in [2.24, 2.45) is 5.73 Å². The number of primary amides is 1. The standard InChI is InChI=1S/C10H9ClN2OS2/c11-6-1-2-8-7(5-6)13(10(15)16-8)4-3-9(12)14/h1-2,5H,3-4H2,(H2,12,14). The van der Waals surface area contributed by atoms with Crippen molar-refractivity contribution in [3.8, 4) is 0 Å². The molecule has 0 saturated carbocycles. The molecule has 2 rings (SSSR count). The van der Waals surface area contributed by atoms with E-state index in [1.807, 2.05) is 22.8 Å². The molecule has 6 heteroatoms. The van der Waals surface area contributed by atoms with E-state index in [0.717, 1.165) is 14.2 Å². The Morgan fingerprint density at radius 1 is 1.56 bits per heavy atom. The summed E-state index contributed by atoms with van der Waals surface area (Å²) in [6, 6.07) is 5.61. The normalized spacial score (nSPS) is 10.8. The number of nitrogens with zero attached hydrogens (tertiary/aromatic N) is 1. The zero-order chi connectivity index (χ0) is 11.7. The molecule has 2 aromatic rings. The first kappa shape index (κ1) is 11.6. The van der Waals surface area contributed by atoms with Crippen molar-refractivity contribution in [3.63, 3.8) is 0 Å². The molecule has 0 aliphatic rings. The fraction of sp³-hybridized carbons (Fsp3) is 0.200. The molecule has 1 amide bonds. The molecule has 0 atom stereocenters. The summed E-state index contributed by atoms with van der Waals surface area (Å²) in [6.07, 6.45) is 0.284. The highest BCUT2D eigenvalue weighted by Gasteiger charge is 2.06. The Balaban J connectivity index is 2.50. The number of halogens is 1. The first-order valence-electron chi connectivity index (χ1n) is 4.65. The number of carbonyl (C=O) groups is 1. The number of rotatable bonds is 3. The molecule has 0 spiro atoms. The van der Waals surface area contributed by atoms with Gasteiger partial charge in [-0.15, -0.1) is 11.3 Å². The third-order valence-corrected chi connectivity index (χ3v) is 3.88. The Bertz CT molecular complexity index is 602. The van der Waals surface area contributed by atoms with Gasteiger partial charge in [0.2, 0.25) is 5.91 Å². The lowest BCUT2D eigenvalue weighted by Gasteiger charge is -2.02. The predicted octanol–water partition coefficient (Wildman–Crippen LogP) is 2.96. The monoisotopic (exact) mass is 272 g/mol. The van der Waals surface area contributed by atoms with Crippen LogP contribution in [-0.2, 0) is 11.3 Å². The van der Waals surface area contributed by atoms with Gasteiger partial charge < -0.3 is 10.3 Å². The topological polar surface area (TPSA) is 48.0 Å². The Hall–Kier alpha value is -0.910. The van der Waals surface area contributed by atoms with Gasteiger partial charge in [-0.25, -0.2) is 0 Å². The van der Waals surface area contributed by atoms with Crippen molar-refractivity contribution in [3.05, 3.63) is 27.2 Å². The van der Waals surface area contributed by atoms with Crippen molar-refractivity contribution in [2.75, 3.05) is 0 Å². The molecular formula is C10H9ClN2OS2. The highest BCUT2D eigenvalue weighted by Crippen LogP contribution is 2.26. The summed E-state index contributed by atoms with van der Waals surface area (Å²) in [6.45, 7) is 0.508. The third kappa shape index (κ3) is 2.26. The van der Waals surface area contributed by atoms with Crippen molar-refractivity contribution in [1.82, 2.24) is 4.57 Å². The van der Waals surface area contributed by atoms with Crippen LogP contribution in [0.4, 0.5) is 0 Å². The number of aryl methyl sites for hydroxylation is 1. The third-order valence-electron chi connectivity index (χ3n) is 2.21. The van der Waals surface area contributed by atoms with Gasteiger partial charge in [0.25, 0.3) is 0 Å². The highest BCUT2D eigenvalue weighted by molar-refractivity contribution is 7.73. The zero-order valence-corrected chi connectivity index (χ0v) is 10.7. The Morgan fingerprint density at radius 3 is 3.00 bits per heavy atom. The van der Waals surface area contributed by atoms with Crippen LogP contribution in [0.5, 0.6) is 0 Å². The highest BCUT2D eigenvalue weighted by atomic mass is 35.5. The molecule has 3 nitrogen and oxygen atoms in total. The molecule has 1 aromatic heterocycles. The second-order valence-electron chi connectivity index (χ2n) is 3.35. The van der Waals surface area contributed by atoms with Crippen molar-refractivity contribution >= 4 is 51.3 Å². The van der Waals surface area contributed by atoms with Gasteiger partial charge in [0.15, 0.2) is 3.95 Å². The molecule has 16 heavy (non-hydrogen) atoms. The number of hydrogen-bond donors (Lipinski definition) is 1. The van der Waals surface area contributed by atoms with Crippen LogP contribution >= 0.6 is 35.2 Å². The van der Waals surface area contributed by atoms with Crippen molar-refractivity contribution in [1.29, 1.82) is 0 Å².